The quantitative estimate of drug-likeness (QED) is 0.834. The normalized spacial score (nSPS) is 16.6. The standard InChI is InChI=1S/C14H18O5S/c1-11(15)14(2,13(16)19-3)9-10-20(17,18)12-7-5-4-6-8-12/h4-11,15H,1-3H3/b10-9+/t11-,14-/m0/s1. The fraction of sp³-hybridized carbons (Fsp3) is 0.357. The van der Waals surface area contributed by atoms with E-state index in [0.717, 1.165) is 11.5 Å². The highest BCUT2D eigenvalue weighted by atomic mass is 32.2. The first kappa shape index (κ1) is 16.4. The Morgan fingerprint density at radius 2 is 1.90 bits per heavy atom. The van der Waals surface area contributed by atoms with Crippen LogP contribution in [0, 0.1) is 5.41 Å². The molecule has 0 spiro atoms. The molecule has 0 unspecified atom stereocenters. The molecule has 0 aliphatic rings. The molecule has 110 valence electrons. The van der Waals surface area contributed by atoms with Crippen molar-refractivity contribution in [1.29, 1.82) is 0 Å². The summed E-state index contributed by atoms with van der Waals surface area (Å²) in [4.78, 5) is 11.8. The first-order valence-corrected chi connectivity index (χ1v) is 7.54. The molecule has 0 aliphatic carbocycles. The van der Waals surface area contributed by atoms with E-state index in [9.17, 15) is 18.3 Å². The molecule has 0 saturated carbocycles. The Hall–Kier alpha value is -1.66. The number of hydrogen-bond acceptors (Lipinski definition) is 5. The van der Waals surface area contributed by atoms with Gasteiger partial charge in [0.1, 0.15) is 5.41 Å². The van der Waals surface area contributed by atoms with Gasteiger partial charge in [0.2, 0.25) is 0 Å². The van der Waals surface area contributed by atoms with Crippen LogP contribution < -0.4 is 0 Å². The molecule has 1 rings (SSSR count). The lowest BCUT2D eigenvalue weighted by atomic mass is 9.85. The zero-order valence-corrected chi connectivity index (χ0v) is 12.4. The molecule has 1 N–H and O–H groups in total. The van der Waals surface area contributed by atoms with Crippen LogP contribution in [0.2, 0.25) is 0 Å². The van der Waals surface area contributed by atoms with E-state index in [1.807, 2.05) is 0 Å². The summed E-state index contributed by atoms with van der Waals surface area (Å²) in [6.45, 7) is 2.82. The Bertz CT molecular complexity index is 589. The smallest absolute Gasteiger partial charge is 0.318 e. The molecule has 0 heterocycles. The highest BCUT2D eigenvalue weighted by Crippen LogP contribution is 2.26. The molecule has 1 aromatic carbocycles. The van der Waals surface area contributed by atoms with E-state index >= 15 is 0 Å². The van der Waals surface area contributed by atoms with Crippen molar-refractivity contribution in [3.05, 3.63) is 41.8 Å². The molecule has 0 fully saturated rings. The van der Waals surface area contributed by atoms with E-state index in [2.05, 4.69) is 4.74 Å². The maximum absolute atomic E-state index is 12.1. The van der Waals surface area contributed by atoms with E-state index in [1.165, 1.54) is 33.1 Å². The number of carbonyl (C=O) groups excluding carboxylic acids is 1. The molecular formula is C14H18O5S. The zero-order valence-electron chi connectivity index (χ0n) is 11.6. The van der Waals surface area contributed by atoms with E-state index in [1.54, 1.807) is 18.2 Å². The number of aliphatic hydroxyl groups is 1. The van der Waals surface area contributed by atoms with Crippen LogP contribution in [0.5, 0.6) is 0 Å². The van der Waals surface area contributed by atoms with Crippen LogP contribution in [0.1, 0.15) is 13.8 Å². The summed E-state index contributed by atoms with van der Waals surface area (Å²) in [5.74, 6) is -0.702. The van der Waals surface area contributed by atoms with Crippen LogP contribution in [0.25, 0.3) is 0 Å². The predicted molar refractivity (Wildman–Crippen MR) is 74.6 cm³/mol. The van der Waals surface area contributed by atoms with Crippen molar-refractivity contribution >= 4 is 15.8 Å². The van der Waals surface area contributed by atoms with Gasteiger partial charge in [-0.3, -0.25) is 4.79 Å². The Balaban J connectivity index is 3.15. The van der Waals surface area contributed by atoms with Crippen molar-refractivity contribution in [2.75, 3.05) is 7.11 Å². The third kappa shape index (κ3) is 3.46. The molecule has 0 radical (unpaired) electrons. The van der Waals surface area contributed by atoms with Gasteiger partial charge in [-0.2, -0.15) is 0 Å². The summed E-state index contributed by atoms with van der Waals surface area (Å²) in [5, 5.41) is 10.6. The van der Waals surface area contributed by atoms with Crippen LogP contribution in [-0.2, 0) is 19.4 Å². The molecule has 0 saturated heterocycles. The van der Waals surface area contributed by atoms with Crippen molar-refractivity contribution < 1.29 is 23.1 Å². The first-order valence-electron chi connectivity index (χ1n) is 6.00. The van der Waals surface area contributed by atoms with Crippen LogP contribution in [-0.4, -0.2) is 32.7 Å². The van der Waals surface area contributed by atoms with Crippen molar-refractivity contribution in [3.8, 4) is 0 Å². The summed E-state index contributed by atoms with van der Waals surface area (Å²) in [7, 11) is -2.49. The Morgan fingerprint density at radius 1 is 1.35 bits per heavy atom. The molecule has 6 heteroatoms. The number of sulfone groups is 1. The molecule has 5 nitrogen and oxygen atoms in total. The predicted octanol–water partition coefficient (Wildman–Crippen LogP) is 1.53. The minimum atomic E-state index is -3.67. The Kier molecular flexibility index (Phi) is 5.08. The van der Waals surface area contributed by atoms with E-state index < -0.39 is 27.3 Å². The molecule has 20 heavy (non-hydrogen) atoms. The van der Waals surface area contributed by atoms with Gasteiger partial charge in [0.05, 0.1) is 18.1 Å². The van der Waals surface area contributed by atoms with Crippen LogP contribution >= 0.6 is 0 Å². The summed E-state index contributed by atoms with van der Waals surface area (Å²) in [5.41, 5.74) is -1.42. The molecular weight excluding hydrogens is 280 g/mol. The lowest BCUT2D eigenvalue weighted by Crippen LogP contribution is -2.37. The third-order valence-electron chi connectivity index (χ3n) is 3.16. The Labute approximate surface area is 118 Å². The summed E-state index contributed by atoms with van der Waals surface area (Å²) < 4.78 is 28.8. The molecule has 0 amide bonds. The van der Waals surface area contributed by atoms with Gasteiger partial charge in [-0.15, -0.1) is 0 Å². The number of methoxy groups -OCH3 is 1. The van der Waals surface area contributed by atoms with Gasteiger partial charge in [0, 0.05) is 5.41 Å². The SMILES string of the molecule is COC(=O)[C@@](C)(/C=C/S(=O)(=O)c1ccccc1)[C@H](C)O. The molecule has 1 aromatic rings. The average molecular weight is 298 g/mol. The topological polar surface area (TPSA) is 80.7 Å². The fourth-order valence-corrected chi connectivity index (χ4v) is 2.67. The number of hydrogen-bond donors (Lipinski definition) is 1. The van der Waals surface area contributed by atoms with E-state index in [-0.39, 0.29) is 4.90 Å². The summed E-state index contributed by atoms with van der Waals surface area (Å²) in [6, 6.07) is 7.83. The van der Waals surface area contributed by atoms with Crippen molar-refractivity contribution in [3.63, 3.8) is 0 Å². The van der Waals surface area contributed by atoms with Crippen molar-refractivity contribution in [1.82, 2.24) is 0 Å². The minimum absolute atomic E-state index is 0.119. The lowest BCUT2D eigenvalue weighted by molar-refractivity contribution is -0.153. The maximum atomic E-state index is 12.1. The third-order valence-corrected chi connectivity index (χ3v) is 4.58. The number of ether oxygens (including phenoxy) is 1. The summed E-state index contributed by atoms with van der Waals surface area (Å²) in [6.07, 6.45) is 0.0726. The van der Waals surface area contributed by atoms with E-state index in [0.29, 0.717) is 0 Å². The zero-order chi connectivity index (χ0) is 15.4. The number of aliphatic hydroxyl groups excluding tert-OH is 1. The highest BCUT2D eigenvalue weighted by Gasteiger charge is 2.37. The first-order chi connectivity index (χ1) is 9.24. The number of rotatable bonds is 5. The maximum Gasteiger partial charge on any atom is 0.318 e. The average Bonchev–Trinajstić information content (AvgIpc) is 2.44. The number of esters is 1. The van der Waals surface area contributed by atoms with Gasteiger partial charge in [-0.25, -0.2) is 8.42 Å². The van der Waals surface area contributed by atoms with Gasteiger partial charge in [-0.1, -0.05) is 24.3 Å². The lowest BCUT2D eigenvalue weighted by Gasteiger charge is -2.25. The second-order valence-electron chi connectivity index (χ2n) is 4.61. The Morgan fingerprint density at radius 3 is 2.35 bits per heavy atom. The molecule has 0 aliphatic heterocycles. The van der Waals surface area contributed by atoms with Crippen LogP contribution in [0.4, 0.5) is 0 Å². The molecule has 0 bridgehead atoms. The minimum Gasteiger partial charge on any atom is -0.468 e. The van der Waals surface area contributed by atoms with E-state index in [4.69, 9.17) is 0 Å². The van der Waals surface area contributed by atoms with Crippen molar-refractivity contribution in [2.24, 2.45) is 5.41 Å². The highest BCUT2D eigenvalue weighted by molar-refractivity contribution is 7.94. The number of benzene rings is 1. The van der Waals surface area contributed by atoms with Gasteiger partial charge in [-0.05, 0) is 26.0 Å². The second kappa shape index (κ2) is 6.19. The largest absolute Gasteiger partial charge is 0.468 e. The van der Waals surface area contributed by atoms with Crippen LogP contribution in [0.3, 0.4) is 0 Å². The van der Waals surface area contributed by atoms with Gasteiger partial charge in [0.25, 0.3) is 0 Å². The monoisotopic (exact) mass is 298 g/mol. The van der Waals surface area contributed by atoms with Crippen molar-refractivity contribution in [2.45, 2.75) is 24.8 Å². The van der Waals surface area contributed by atoms with Gasteiger partial charge >= 0.3 is 5.97 Å². The van der Waals surface area contributed by atoms with Gasteiger partial charge < -0.3 is 9.84 Å². The number of carbonyl (C=O) groups is 1. The van der Waals surface area contributed by atoms with Crippen LogP contribution in [0.15, 0.2) is 46.7 Å². The fourth-order valence-electron chi connectivity index (χ4n) is 1.52. The molecule has 2 atom stereocenters. The summed E-state index contributed by atoms with van der Waals surface area (Å²) >= 11 is 0. The van der Waals surface area contributed by atoms with Gasteiger partial charge in [0.15, 0.2) is 9.84 Å². The second-order valence-corrected chi connectivity index (χ2v) is 6.44. The molecule has 0 aromatic heterocycles.